The molecule has 0 spiro atoms. The second-order valence-corrected chi connectivity index (χ2v) is 11.2. The molecule has 1 aliphatic rings. The summed E-state index contributed by atoms with van der Waals surface area (Å²) in [4.78, 5) is 2.47. The second-order valence-electron chi connectivity index (χ2n) is 11.2. The fourth-order valence-corrected chi connectivity index (χ4v) is 6.77. The van der Waals surface area contributed by atoms with E-state index in [0.29, 0.717) is 0 Å². The van der Waals surface area contributed by atoms with Gasteiger partial charge in [0.25, 0.3) is 0 Å². The molecule has 3 nitrogen and oxygen atoms in total. The van der Waals surface area contributed by atoms with Gasteiger partial charge in [0.1, 0.15) is 6.17 Å². The summed E-state index contributed by atoms with van der Waals surface area (Å²) in [6.45, 7) is 0. The first-order valence-corrected chi connectivity index (χ1v) is 14.6. The molecule has 0 saturated carbocycles. The molecule has 0 aliphatic carbocycles. The molecule has 8 rings (SSSR count). The molecule has 2 atom stereocenters. The van der Waals surface area contributed by atoms with E-state index in [4.69, 9.17) is 0 Å². The average Bonchev–Trinajstić information content (AvgIpc) is 3.39. The summed E-state index contributed by atoms with van der Waals surface area (Å²) in [5.41, 5.74) is 11.1. The molecule has 0 fully saturated rings. The number of anilines is 1. The summed E-state index contributed by atoms with van der Waals surface area (Å²) in [7, 11) is 2.24. The maximum absolute atomic E-state index is 3.87. The number of fused-ring (bicyclic) bond motifs is 4. The summed E-state index contributed by atoms with van der Waals surface area (Å²) >= 11 is 0. The molecule has 0 bridgehead atoms. The van der Waals surface area contributed by atoms with Crippen LogP contribution in [0.15, 0.2) is 152 Å². The fraction of sp³-hybridized carbons (Fsp3) is 0.0769. The Morgan fingerprint density at radius 2 is 1.14 bits per heavy atom. The standard InChI is InChI=1S/C39H31N3/c1-41-38(29-16-11-15-28(25-29)27-13-3-2-4-14-27)34-21-5-8-22-35(34)40-39(41)30-17-12-18-31(26-30)42-36-23-9-6-19-32(36)33-20-7-10-24-37(33)42/h2-26,38-40H,1H3. The zero-order chi connectivity index (χ0) is 28.0. The topological polar surface area (TPSA) is 20.2 Å². The molecule has 1 aliphatic heterocycles. The third-order valence-corrected chi connectivity index (χ3v) is 8.70. The Labute approximate surface area is 246 Å². The van der Waals surface area contributed by atoms with Gasteiger partial charge in [-0.05, 0) is 71.3 Å². The Morgan fingerprint density at radius 3 is 1.93 bits per heavy atom. The molecule has 2 unspecified atom stereocenters. The van der Waals surface area contributed by atoms with E-state index in [-0.39, 0.29) is 12.2 Å². The van der Waals surface area contributed by atoms with Crippen molar-refractivity contribution in [2.75, 3.05) is 12.4 Å². The molecule has 0 saturated heterocycles. The van der Waals surface area contributed by atoms with Gasteiger partial charge in [-0.1, -0.05) is 115 Å². The largest absolute Gasteiger partial charge is 0.366 e. The summed E-state index contributed by atoms with van der Waals surface area (Å²) in [6.07, 6.45) is -0.00155. The van der Waals surface area contributed by atoms with E-state index in [0.717, 1.165) is 0 Å². The zero-order valence-corrected chi connectivity index (χ0v) is 23.5. The molecule has 0 radical (unpaired) electrons. The van der Waals surface area contributed by atoms with Crippen molar-refractivity contribution in [2.45, 2.75) is 12.2 Å². The highest BCUT2D eigenvalue weighted by Gasteiger charge is 2.33. The van der Waals surface area contributed by atoms with Crippen molar-refractivity contribution in [3.63, 3.8) is 0 Å². The van der Waals surface area contributed by atoms with Crippen molar-refractivity contribution in [1.82, 2.24) is 9.47 Å². The number of hydrogen-bond acceptors (Lipinski definition) is 2. The van der Waals surface area contributed by atoms with Crippen LogP contribution in [0.25, 0.3) is 38.6 Å². The fourth-order valence-electron chi connectivity index (χ4n) is 6.77. The molecule has 202 valence electrons. The van der Waals surface area contributed by atoms with Crippen LogP contribution in [0.4, 0.5) is 5.69 Å². The van der Waals surface area contributed by atoms with E-state index in [9.17, 15) is 0 Å². The highest BCUT2D eigenvalue weighted by atomic mass is 15.3. The number of benzene rings is 6. The predicted molar refractivity (Wildman–Crippen MR) is 175 cm³/mol. The molecule has 3 heteroatoms. The lowest BCUT2D eigenvalue weighted by Gasteiger charge is -2.42. The van der Waals surface area contributed by atoms with Crippen LogP contribution >= 0.6 is 0 Å². The number of rotatable bonds is 4. The van der Waals surface area contributed by atoms with Crippen LogP contribution in [0.3, 0.4) is 0 Å². The number of hydrogen-bond donors (Lipinski definition) is 1. The lowest BCUT2D eigenvalue weighted by Crippen LogP contribution is -2.39. The minimum absolute atomic E-state index is 0.00155. The van der Waals surface area contributed by atoms with Crippen LogP contribution < -0.4 is 5.32 Å². The van der Waals surface area contributed by atoms with Crippen LogP contribution in [0.2, 0.25) is 0 Å². The van der Waals surface area contributed by atoms with E-state index >= 15 is 0 Å². The average molecular weight is 542 g/mol. The van der Waals surface area contributed by atoms with Crippen LogP contribution in [-0.4, -0.2) is 16.5 Å². The summed E-state index contributed by atoms with van der Waals surface area (Å²) in [5, 5.41) is 6.43. The van der Waals surface area contributed by atoms with Crippen molar-refractivity contribution in [3.05, 3.63) is 168 Å². The molecule has 7 aromatic rings. The SMILES string of the molecule is CN1C(c2cccc(-n3c4ccccc4c4ccccc43)c2)Nc2ccccc2C1c1cccc(-c2ccccc2)c1. The Hall–Kier alpha value is -5.12. The van der Waals surface area contributed by atoms with Gasteiger partial charge in [0.2, 0.25) is 0 Å². The normalized spacial score (nSPS) is 16.8. The summed E-state index contributed by atoms with van der Waals surface area (Å²) in [5.74, 6) is 0. The molecule has 2 heterocycles. The van der Waals surface area contributed by atoms with Crippen molar-refractivity contribution >= 4 is 27.5 Å². The minimum atomic E-state index is -0.00155. The van der Waals surface area contributed by atoms with E-state index in [1.807, 2.05) is 0 Å². The Balaban J connectivity index is 1.24. The molecule has 42 heavy (non-hydrogen) atoms. The van der Waals surface area contributed by atoms with Gasteiger partial charge in [0.05, 0.1) is 17.1 Å². The molecule has 1 aromatic heterocycles. The zero-order valence-electron chi connectivity index (χ0n) is 23.5. The quantitative estimate of drug-likeness (QED) is 0.239. The number of para-hydroxylation sites is 3. The first-order chi connectivity index (χ1) is 20.8. The second kappa shape index (κ2) is 10.1. The molecule has 6 aromatic carbocycles. The van der Waals surface area contributed by atoms with Crippen LogP contribution in [0.1, 0.15) is 28.9 Å². The Morgan fingerprint density at radius 1 is 0.524 bits per heavy atom. The van der Waals surface area contributed by atoms with E-state index in [1.54, 1.807) is 0 Å². The van der Waals surface area contributed by atoms with Gasteiger partial charge in [0, 0.05) is 22.1 Å². The summed E-state index contributed by atoms with van der Waals surface area (Å²) < 4.78 is 2.39. The van der Waals surface area contributed by atoms with E-state index < -0.39 is 0 Å². The van der Waals surface area contributed by atoms with Gasteiger partial charge in [0.15, 0.2) is 0 Å². The smallest absolute Gasteiger partial charge is 0.106 e. The lowest BCUT2D eigenvalue weighted by molar-refractivity contribution is 0.209. The van der Waals surface area contributed by atoms with Crippen molar-refractivity contribution in [2.24, 2.45) is 0 Å². The monoisotopic (exact) mass is 541 g/mol. The lowest BCUT2D eigenvalue weighted by atomic mass is 9.90. The maximum atomic E-state index is 3.87. The van der Waals surface area contributed by atoms with Crippen molar-refractivity contribution in [1.29, 1.82) is 0 Å². The highest BCUT2D eigenvalue weighted by molar-refractivity contribution is 6.09. The van der Waals surface area contributed by atoms with Crippen LogP contribution in [-0.2, 0) is 0 Å². The number of nitrogens with one attached hydrogen (secondary N) is 1. The van der Waals surface area contributed by atoms with E-state index in [2.05, 4.69) is 173 Å². The predicted octanol–water partition coefficient (Wildman–Crippen LogP) is 9.60. The highest BCUT2D eigenvalue weighted by Crippen LogP contribution is 2.44. The van der Waals surface area contributed by atoms with E-state index in [1.165, 1.54) is 61.0 Å². The van der Waals surface area contributed by atoms with Gasteiger partial charge in [-0.25, -0.2) is 0 Å². The Kier molecular flexibility index (Phi) is 5.90. The third-order valence-electron chi connectivity index (χ3n) is 8.70. The maximum Gasteiger partial charge on any atom is 0.106 e. The third kappa shape index (κ3) is 4.01. The minimum Gasteiger partial charge on any atom is -0.366 e. The van der Waals surface area contributed by atoms with Crippen molar-refractivity contribution in [3.8, 4) is 16.8 Å². The van der Waals surface area contributed by atoms with Gasteiger partial charge < -0.3 is 9.88 Å². The van der Waals surface area contributed by atoms with Gasteiger partial charge in [-0.15, -0.1) is 0 Å². The molecular weight excluding hydrogens is 510 g/mol. The molecule has 0 amide bonds. The van der Waals surface area contributed by atoms with Gasteiger partial charge in [-0.3, -0.25) is 4.90 Å². The first-order valence-electron chi connectivity index (χ1n) is 14.6. The van der Waals surface area contributed by atoms with Crippen LogP contribution in [0, 0.1) is 0 Å². The summed E-state index contributed by atoms with van der Waals surface area (Å²) in [6, 6.07) is 54.9. The number of nitrogens with zero attached hydrogens (tertiary/aromatic N) is 2. The van der Waals surface area contributed by atoms with Crippen LogP contribution in [0.5, 0.6) is 0 Å². The number of aromatic nitrogens is 1. The molecular formula is C39H31N3. The van der Waals surface area contributed by atoms with Crippen molar-refractivity contribution < 1.29 is 0 Å². The van der Waals surface area contributed by atoms with Gasteiger partial charge in [-0.2, -0.15) is 0 Å². The first kappa shape index (κ1) is 24.7. The molecule has 1 N–H and O–H groups in total. The van der Waals surface area contributed by atoms with Gasteiger partial charge >= 0.3 is 0 Å². The Bertz CT molecular complexity index is 2000.